The van der Waals surface area contributed by atoms with Crippen LogP contribution in [0, 0.1) is 11.3 Å². The van der Waals surface area contributed by atoms with Gasteiger partial charge in [-0.1, -0.05) is 12.2 Å². The van der Waals surface area contributed by atoms with Crippen LogP contribution < -0.4 is 0 Å². The van der Waals surface area contributed by atoms with Gasteiger partial charge in [0.05, 0.1) is 37.9 Å². The van der Waals surface area contributed by atoms with E-state index in [1.54, 1.807) is 0 Å². The van der Waals surface area contributed by atoms with E-state index in [2.05, 4.69) is 6.58 Å². The fourth-order valence-electron chi connectivity index (χ4n) is 4.74. The fraction of sp³-hybridized carbons (Fsp3) is 0.895. The summed E-state index contributed by atoms with van der Waals surface area (Å²) >= 11 is 0. The van der Waals surface area contributed by atoms with Gasteiger partial charge in [-0.2, -0.15) is 0 Å². The standard InChI is InChI=1S/C19H32O5/c1-14(2)15-12-16(20)19(13-15,18(4)23-10-11-24-18)7-5-6-17(3)21-8-9-22-17/h15-16,20H,1,5-13H2,2-4H3/t15-,16+,19-/m1/s1. The van der Waals surface area contributed by atoms with Crippen molar-refractivity contribution in [3.05, 3.63) is 12.2 Å². The zero-order chi connectivity index (χ0) is 17.4. The van der Waals surface area contributed by atoms with Crippen molar-refractivity contribution in [1.29, 1.82) is 0 Å². The monoisotopic (exact) mass is 340 g/mol. The Morgan fingerprint density at radius 2 is 1.62 bits per heavy atom. The van der Waals surface area contributed by atoms with Crippen LogP contribution in [0.5, 0.6) is 0 Å². The molecule has 0 spiro atoms. The molecule has 24 heavy (non-hydrogen) atoms. The molecule has 0 aromatic carbocycles. The Hall–Kier alpha value is -0.460. The smallest absolute Gasteiger partial charge is 0.173 e. The van der Waals surface area contributed by atoms with Crippen molar-refractivity contribution in [3.8, 4) is 0 Å². The summed E-state index contributed by atoms with van der Waals surface area (Å²) in [5.74, 6) is -0.898. The van der Waals surface area contributed by atoms with E-state index in [4.69, 9.17) is 18.9 Å². The summed E-state index contributed by atoms with van der Waals surface area (Å²) in [6, 6.07) is 0. The predicted molar refractivity (Wildman–Crippen MR) is 90.4 cm³/mol. The van der Waals surface area contributed by atoms with E-state index >= 15 is 0 Å². The van der Waals surface area contributed by atoms with Gasteiger partial charge in [-0.15, -0.1) is 0 Å². The number of rotatable bonds is 6. The van der Waals surface area contributed by atoms with Gasteiger partial charge in [0.2, 0.25) is 0 Å². The molecule has 0 unspecified atom stereocenters. The molecule has 0 amide bonds. The molecule has 2 aliphatic heterocycles. The molecule has 5 heteroatoms. The molecule has 5 nitrogen and oxygen atoms in total. The highest BCUT2D eigenvalue weighted by Crippen LogP contribution is 2.56. The highest BCUT2D eigenvalue weighted by molar-refractivity contribution is 5.12. The van der Waals surface area contributed by atoms with Crippen molar-refractivity contribution < 1.29 is 24.1 Å². The summed E-state index contributed by atoms with van der Waals surface area (Å²) in [5, 5.41) is 11.0. The maximum absolute atomic E-state index is 11.0. The third-order valence-corrected chi connectivity index (χ3v) is 6.35. The van der Waals surface area contributed by atoms with E-state index in [-0.39, 0.29) is 0 Å². The number of aliphatic hydroxyl groups is 1. The van der Waals surface area contributed by atoms with Crippen molar-refractivity contribution in [2.24, 2.45) is 11.3 Å². The third kappa shape index (κ3) is 3.17. The van der Waals surface area contributed by atoms with Crippen LogP contribution in [-0.4, -0.2) is 49.2 Å². The Morgan fingerprint density at radius 3 is 2.17 bits per heavy atom. The second-order valence-electron chi connectivity index (χ2n) is 7.98. The van der Waals surface area contributed by atoms with E-state index in [1.165, 1.54) is 0 Å². The van der Waals surface area contributed by atoms with Crippen molar-refractivity contribution in [2.45, 2.75) is 70.6 Å². The highest BCUT2D eigenvalue weighted by Gasteiger charge is 2.60. The normalized spacial score (nSPS) is 37.8. The van der Waals surface area contributed by atoms with Gasteiger partial charge in [-0.3, -0.25) is 0 Å². The van der Waals surface area contributed by atoms with Crippen molar-refractivity contribution in [2.75, 3.05) is 26.4 Å². The maximum atomic E-state index is 11.0. The van der Waals surface area contributed by atoms with Gasteiger partial charge < -0.3 is 24.1 Å². The molecule has 3 atom stereocenters. The molecule has 3 fully saturated rings. The molecule has 3 aliphatic rings. The summed E-state index contributed by atoms with van der Waals surface area (Å²) in [5.41, 5.74) is 0.731. The summed E-state index contributed by atoms with van der Waals surface area (Å²) in [7, 11) is 0. The first kappa shape index (κ1) is 18.3. The largest absolute Gasteiger partial charge is 0.392 e. The lowest BCUT2D eigenvalue weighted by atomic mass is 9.71. The average molecular weight is 340 g/mol. The van der Waals surface area contributed by atoms with Crippen LogP contribution in [0.25, 0.3) is 0 Å². The van der Waals surface area contributed by atoms with Crippen LogP contribution in [0.15, 0.2) is 12.2 Å². The number of aliphatic hydroxyl groups excluding tert-OH is 1. The van der Waals surface area contributed by atoms with Crippen LogP contribution in [0.3, 0.4) is 0 Å². The summed E-state index contributed by atoms with van der Waals surface area (Å²) in [4.78, 5) is 0. The molecule has 0 bridgehead atoms. The van der Waals surface area contributed by atoms with E-state index in [1.807, 2.05) is 20.8 Å². The number of hydrogen-bond donors (Lipinski definition) is 1. The SMILES string of the molecule is C=C(C)[C@@H]1C[C@H](O)[C@](CCCC2(C)OCCO2)(C2(C)OCCO2)C1. The van der Waals surface area contributed by atoms with Crippen LogP contribution in [-0.2, 0) is 18.9 Å². The van der Waals surface area contributed by atoms with E-state index in [0.717, 1.165) is 37.7 Å². The van der Waals surface area contributed by atoms with Crippen LogP contribution in [0.2, 0.25) is 0 Å². The number of allylic oxidation sites excluding steroid dienone is 1. The Balaban J connectivity index is 1.74. The van der Waals surface area contributed by atoms with Gasteiger partial charge in [0, 0.05) is 6.42 Å². The minimum atomic E-state index is -0.727. The van der Waals surface area contributed by atoms with Crippen LogP contribution in [0.1, 0.15) is 52.9 Å². The topological polar surface area (TPSA) is 57.2 Å². The maximum Gasteiger partial charge on any atom is 0.173 e. The molecule has 1 aliphatic carbocycles. The van der Waals surface area contributed by atoms with Gasteiger partial charge in [0.25, 0.3) is 0 Å². The molecule has 0 radical (unpaired) electrons. The predicted octanol–water partition coefficient (Wildman–Crippen LogP) is 3.02. The Labute approximate surface area is 145 Å². The quantitative estimate of drug-likeness (QED) is 0.753. The lowest BCUT2D eigenvalue weighted by molar-refractivity contribution is -0.251. The first-order valence-corrected chi connectivity index (χ1v) is 9.20. The summed E-state index contributed by atoms with van der Waals surface area (Å²) in [6.07, 6.45) is 3.70. The van der Waals surface area contributed by atoms with E-state index in [0.29, 0.717) is 32.3 Å². The molecule has 0 aromatic rings. The van der Waals surface area contributed by atoms with Gasteiger partial charge in [0.1, 0.15) is 0 Å². The first-order valence-electron chi connectivity index (χ1n) is 9.20. The average Bonchev–Trinajstić information content (AvgIpc) is 3.21. The minimum Gasteiger partial charge on any atom is -0.392 e. The second-order valence-corrected chi connectivity index (χ2v) is 7.98. The molecule has 2 heterocycles. The zero-order valence-electron chi connectivity index (χ0n) is 15.3. The zero-order valence-corrected chi connectivity index (χ0v) is 15.3. The summed E-state index contributed by atoms with van der Waals surface area (Å²) in [6.45, 7) is 12.6. The molecule has 3 rings (SSSR count). The number of ether oxygens (including phenoxy) is 4. The Bertz CT molecular complexity index is 464. The minimum absolute atomic E-state index is 0.319. The highest BCUT2D eigenvalue weighted by atomic mass is 16.7. The van der Waals surface area contributed by atoms with E-state index in [9.17, 15) is 5.11 Å². The molecule has 0 aromatic heterocycles. The van der Waals surface area contributed by atoms with Gasteiger partial charge in [-0.25, -0.2) is 0 Å². The van der Waals surface area contributed by atoms with Crippen molar-refractivity contribution >= 4 is 0 Å². The van der Waals surface area contributed by atoms with Gasteiger partial charge >= 0.3 is 0 Å². The van der Waals surface area contributed by atoms with Crippen LogP contribution in [0.4, 0.5) is 0 Å². The lowest BCUT2D eigenvalue weighted by Crippen LogP contribution is -2.52. The molecule has 1 N–H and O–H groups in total. The number of hydrogen-bond acceptors (Lipinski definition) is 5. The van der Waals surface area contributed by atoms with Gasteiger partial charge in [-0.05, 0) is 52.4 Å². The van der Waals surface area contributed by atoms with Crippen molar-refractivity contribution in [3.63, 3.8) is 0 Å². The fourth-order valence-corrected chi connectivity index (χ4v) is 4.74. The molecule has 1 saturated carbocycles. The lowest BCUT2D eigenvalue weighted by Gasteiger charge is -2.45. The molecular formula is C19H32O5. The molecule has 2 saturated heterocycles. The molecule has 138 valence electrons. The van der Waals surface area contributed by atoms with Gasteiger partial charge in [0.15, 0.2) is 11.6 Å². The second kappa shape index (κ2) is 6.69. The van der Waals surface area contributed by atoms with Crippen molar-refractivity contribution in [1.82, 2.24) is 0 Å². The third-order valence-electron chi connectivity index (χ3n) is 6.35. The van der Waals surface area contributed by atoms with Crippen LogP contribution >= 0.6 is 0 Å². The summed E-state index contributed by atoms with van der Waals surface area (Å²) < 4.78 is 23.4. The Kier molecular flexibility index (Phi) is 5.11. The molecular weight excluding hydrogens is 308 g/mol. The Morgan fingerprint density at radius 1 is 1.04 bits per heavy atom. The van der Waals surface area contributed by atoms with E-state index < -0.39 is 23.1 Å². The first-order chi connectivity index (χ1) is 11.3.